The van der Waals surface area contributed by atoms with Crippen LogP contribution >= 0.6 is 0 Å². The van der Waals surface area contributed by atoms with E-state index in [2.05, 4.69) is 0 Å². The smallest absolute Gasteiger partial charge is 0.266 e. The highest BCUT2D eigenvalue weighted by Gasteiger charge is 2.40. The molecule has 9 heteroatoms. The number of benzene rings is 8. The Morgan fingerprint density at radius 2 is 0.930 bits per heavy atom. The Kier molecular flexibility index (Phi) is 7.65. The second kappa shape index (κ2) is 12.6. The van der Waals surface area contributed by atoms with Crippen LogP contribution in [0, 0.1) is 11.6 Å². The van der Waals surface area contributed by atoms with Gasteiger partial charge in [0, 0.05) is 33.0 Å². The average Bonchev–Trinajstić information content (AvgIpc) is 3.23. The fraction of sp³-hybridized carbons (Fsp3) is 0.125. The van der Waals surface area contributed by atoms with Gasteiger partial charge in [-0.2, -0.15) is 0 Å². The first-order chi connectivity index (χ1) is 27.7. The Labute approximate surface area is 324 Å². The molecule has 0 aliphatic carbocycles. The van der Waals surface area contributed by atoms with Crippen LogP contribution in [0.4, 0.5) is 14.5 Å². The molecular weight excluding hydrogens is 723 g/mol. The van der Waals surface area contributed by atoms with Crippen molar-refractivity contribution in [2.75, 3.05) is 18.1 Å². The van der Waals surface area contributed by atoms with Crippen molar-refractivity contribution in [3.05, 3.63) is 148 Å². The summed E-state index contributed by atoms with van der Waals surface area (Å²) >= 11 is 0. The molecule has 57 heavy (non-hydrogen) atoms. The molecule has 2 aliphatic rings. The summed E-state index contributed by atoms with van der Waals surface area (Å²) in [5, 5.41) is 14.6. The molecule has 2 heterocycles. The van der Waals surface area contributed by atoms with Crippen LogP contribution in [-0.4, -0.2) is 46.8 Å². The van der Waals surface area contributed by atoms with Crippen LogP contribution in [-0.2, 0) is 12.8 Å². The minimum absolute atomic E-state index is 0.196. The van der Waals surface area contributed by atoms with Crippen LogP contribution in [0.3, 0.4) is 0 Å². The van der Waals surface area contributed by atoms with Gasteiger partial charge in [0.15, 0.2) is 0 Å². The monoisotopic (exact) mass is 754 g/mol. The summed E-state index contributed by atoms with van der Waals surface area (Å²) in [5.74, 6) is -2.93. The number of aliphatic hydroxyl groups excluding tert-OH is 1. The molecule has 0 spiro atoms. The van der Waals surface area contributed by atoms with E-state index in [9.17, 15) is 28.3 Å². The summed E-state index contributed by atoms with van der Waals surface area (Å²) in [5.41, 5.74) is 5.87. The van der Waals surface area contributed by atoms with E-state index in [1.54, 1.807) is 48.5 Å². The third-order valence-electron chi connectivity index (χ3n) is 11.7. The first-order valence-corrected chi connectivity index (χ1v) is 18.9. The van der Waals surface area contributed by atoms with Gasteiger partial charge in [-0.05, 0) is 127 Å². The minimum atomic E-state index is -0.571. The minimum Gasteiger partial charge on any atom is -0.395 e. The number of rotatable bonds is 7. The van der Waals surface area contributed by atoms with Gasteiger partial charge in [-0.3, -0.25) is 24.1 Å². The van der Waals surface area contributed by atoms with Gasteiger partial charge in [0.2, 0.25) is 0 Å². The standard InChI is InChI=1S/C48H32F2N2O5/c1-3-24-6-5-7-25(4-2)44(24)52-47(56)33-19-17-31-38-34(26-8-12-28(49)13-9-26)22-36-40-32(45(54)51(20-21-53)46(36)55)18-16-30(42(38)40)39-35(27-10-14-29(50)15-11-27)23-37(48(52)57)41(33)43(31)39/h5-19,22-23,53H,3-4,20-21H2,1-2H3. The number of imide groups is 2. The molecule has 0 radical (unpaired) electrons. The number of nitrogens with zero attached hydrogens (tertiary/aromatic N) is 2. The molecule has 8 aromatic rings. The molecule has 0 fully saturated rings. The summed E-state index contributed by atoms with van der Waals surface area (Å²) in [7, 11) is 0. The van der Waals surface area contributed by atoms with E-state index < -0.39 is 41.9 Å². The van der Waals surface area contributed by atoms with E-state index in [1.807, 2.05) is 44.2 Å². The SMILES string of the molecule is CCc1cccc(CC)c1N1C(=O)c2ccc3c4c(-c5ccc(F)cc5)cc5c6c(ccc(c7c(-c8ccc(F)cc8)cc(c2c37)C1=O)c64)C(=O)N(CCO)C5=O. The number of para-hydroxylation sites is 1. The lowest BCUT2D eigenvalue weighted by Crippen LogP contribution is -2.42. The molecule has 0 saturated heterocycles. The first-order valence-electron chi connectivity index (χ1n) is 18.9. The third-order valence-corrected chi connectivity index (χ3v) is 11.7. The number of carbonyl (C=O) groups is 4. The molecule has 0 unspecified atom stereocenters. The van der Waals surface area contributed by atoms with E-state index in [0.717, 1.165) is 16.0 Å². The predicted octanol–water partition coefficient (Wildman–Crippen LogP) is 9.86. The maximum absolute atomic E-state index is 15.1. The second-order valence-corrected chi connectivity index (χ2v) is 14.6. The van der Waals surface area contributed by atoms with E-state index >= 15 is 4.79 Å². The highest BCUT2D eigenvalue weighted by molar-refractivity contribution is 6.46. The third kappa shape index (κ3) is 4.72. The van der Waals surface area contributed by atoms with Crippen molar-refractivity contribution in [2.24, 2.45) is 0 Å². The number of fused-ring (bicyclic) bond motifs is 2. The largest absolute Gasteiger partial charge is 0.395 e. The van der Waals surface area contributed by atoms with E-state index in [1.165, 1.54) is 29.2 Å². The molecule has 10 rings (SSSR count). The summed E-state index contributed by atoms with van der Waals surface area (Å²) in [6.07, 6.45) is 1.20. The molecule has 278 valence electrons. The molecular formula is C48H32F2N2O5. The number of aliphatic hydroxyl groups is 1. The number of carbonyl (C=O) groups excluding carboxylic acids is 4. The zero-order chi connectivity index (χ0) is 39.4. The van der Waals surface area contributed by atoms with Crippen molar-refractivity contribution in [1.82, 2.24) is 4.90 Å². The fourth-order valence-corrected chi connectivity index (χ4v) is 9.24. The lowest BCUT2D eigenvalue weighted by molar-refractivity contribution is 0.0579. The normalized spacial score (nSPS) is 14.1. The lowest BCUT2D eigenvalue weighted by Gasteiger charge is -2.33. The Bertz CT molecular complexity index is 3080. The van der Waals surface area contributed by atoms with Crippen LogP contribution in [0.2, 0.25) is 0 Å². The van der Waals surface area contributed by atoms with Gasteiger partial charge in [0.05, 0.1) is 18.8 Å². The molecule has 4 amide bonds. The van der Waals surface area contributed by atoms with Gasteiger partial charge in [-0.1, -0.05) is 68.4 Å². The van der Waals surface area contributed by atoms with Crippen molar-refractivity contribution in [3.8, 4) is 22.3 Å². The summed E-state index contributed by atoms with van der Waals surface area (Å²) in [6, 6.07) is 28.3. The molecule has 0 bridgehead atoms. The number of anilines is 1. The fourth-order valence-electron chi connectivity index (χ4n) is 9.24. The Balaban J connectivity index is 1.41. The van der Waals surface area contributed by atoms with Gasteiger partial charge < -0.3 is 5.11 Å². The quantitative estimate of drug-likeness (QED) is 0.0994. The van der Waals surface area contributed by atoms with Gasteiger partial charge >= 0.3 is 0 Å². The zero-order valence-electron chi connectivity index (χ0n) is 30.9. The Morgan fingerprint density at radius 1 is 0.491 bits per heavy atom. The van der Waals surface area contributed by atoms with Crippen molar-refractivity contribution >= 4 is 72.4 Å². The molecule has 0 atom stereocenters. The Hall–Kier alpha value is -6.84. The molecule has 2 aliphatic heterocycles. The Morgan fingerprint density at radius 3 is 1.40 bits per heavy atom. The van der Waals surface area contributed by atoms with E-state index in [4.69, 9.17) is 0 Å². The number of amides is 4. The number of β-amino-alcohol motifs (C(OH)–C–C–N with tert-alkyl or cyclic N) is 1. The lowest BCUT2D eigenvalue weighted by atomic mass is 9.77. The average molecular weight is 755 g/mol. The van der Waals surface area contributed by atoms with Gasteiger partial charge in [-0.25, -0.2) is 13.7 Å². The summed E-state index contributed by atoms with van der Waals surface area (Å²) in [6.45, 7) is 3.36. The zero-order valence-corrected chi connectivity index (χ0v) is 30.9. The highest BCUT2D eigenvalue weighted by atomic mass is 19.1. The van der Waals surface area contributed by atoms with Gasteiger partial charge in [0.1, 0.15) is 11.6 Å². The number of halogens is 2. The highest BCUT2D eigenvalue weighted by Crippen LogP contribution is 2.52. The first kappa shape index (κ1) is 34.6. The maximum atomic E-state index is 15.1. The van der Waals surface area contributed by atoms with Crippen molar-refractivity contribution < 1.29 is 33.1 Å². The second-order valence-electron chi connectivity index (χ2n) is 14.6. The van der Waals surface area contributed by atoms with Crippen LogP contribution in [0.1, 0.15) is 66.4 Å². The van der Waals surface area contributed by atoms with Crippen molar-refractivity contribution in [2.45, 2.75) is 26.7 Å². The maximum Gasteiger partial charge on any atom is 0.266 e. The molecule has 7 nitrogen and oxygen atoms in total. The molecule has 0 saturated carbocycles. The molecule has 1 N–H and O–H groups in total. The van der Waals surface area contributed by atoms with Gasteiger partial charge in [0.25, 0.3) is 23.6 Å². The topological polar surface area (TPSA) is 95.0 Å². The van der Waals surface area contributed by atoms with Crippen LogP contribution < -0.4 is 4.90 Å². The summed E-state index contributed by atoms with van der Waals surface area (Å²) < 4.78 is 28.9. The number of hydrogen-bond acceptors (Lipinski definition) is 5. The van der Waals surface area contributed by atoms with Crippen molar-refractivity contribution in [1.29, 1.82) is 0 Å². The van der Waals surface area contributed by atoms with E-state index in [0.29, 0.717) is 95.0 Å². The van der Waals surface area contributed by atoms with E-state index in [-0.39, 0.29) is 17.7 Å². The van der Waals surface area contributed by atoms with Gasteiger partial charge in [-0.15, -0.1) is 0 Å². The number of aryl methyl sites for hydroxylation is 2. The van der Waals surface area contributed by atoms with Crippen LogP contribution in [0.5, 0.6) is 0 Å². The molecule has 0 aromatic heterocycles. The molecule has 8 aromatic carbocycles. The predicted molar refractivity (Wildman–Crippen MR) is 217 cm³/mol. The van der Waals surface area contributed by atoms with Crippen molar-refractivity contribution in [3.63, 3.8) is 0 Å². The van der Waals surface area contributed by atoms with Crippen LogP contribution in [0.25, 0.3) is 65.3 Å². The summed E-state index contributed by atoms with van der Waals surface area (Å²) in [4.78, 5) is 60.4. The van der Waals surface area contributed by atoms with Crippen LogP contribution in [0.15, 0.2) is 103 Å². The number of hydrogen-bond donors (Lipinski definition) is 1.